The summed E-state index contributed by atoms with van der Waals surface area (Å²) in [7, 11) is 0. The first-order valence-electron chi connectivity index (χ1n) is 6.72. The van der Waals surface area contributed by atoms with Gasteiger partial charge in [-0.2, -0.15) is 0 Å². The molecule has 20 heavy (non-hydrogen) atoms. The Morgan fingerprint density at radius 3 is 2.80 bits per heavy atom. The predicted molar refractivity (Wildman–Crippen MR) is 85.7 cm³/mol. The average Bonchev–Trinajstić information content (AvgIpc) is 2.96. The number of thiophene rings is 1. The van der Waals surface area contributed by atoms with Gasteiger partial charge in [0.05, 0.1) is 0 Å². The van der Waals surface area contributed by atoms with Crippen molar-refractivity contribution in [2.45, 2.75) is 19.9 Å². The van der Waals surface area contributed by atoms with E-state index >= 15 is 0 Å². The number of rotatable bonds is 7. The second-order valence-electron chi connectivity index (χ2n) is 4.63. The fraction of sp³-hybridized carbons (Fsp3) is 0.312. The molecule has 0 amide bonds. The topological polar surface area (TPSA) is 20.3 Å². The van der Waals surface area contributed by atoms with Crippen LogP contribution in [0.15, 0.2) is 41.8 Å². The minimum Gasteiger partial charge on any atom is -0.298 e. The van der Waals surface area contributed by atoms with Crippen LogP contribution in [0.3, 0.4) is 0 Å². The van der Waals surface area contributed by atoms with E-state index in [0.717, 1.165) is 19.6 Å². The number of hydrogen-bond acceptors (Lipinski definition) is 3. The van der Waals surface area contributed by atoms with Crippen LogP contribution in [0.1, 0.15) is 28.6 Å². The summed E-state index contributed by atoms with van der Waals surface area (Å²) >= 11 is 7.67. The number of Topliss-reactive ketones (excluding diaryl/α,β-unsaturated/α-hetero) is 1. The number of carbonyl (C=O) groups excluding carboxylic acids is 1. The number of halogens is 1. The normalized spacial score (nSPS) is 10.9. The first-order chi connectivity index (χ1) is 9.69. The van der Waals surface area contributed by atoms with Gasteiger partial charge in [0.1, 0.15) is 0 Å². The molecule has 1 aromatic carbocycles. The molecule has 0 spiro atoms. The van der Waals surface area contributed by atoms with Gasteiger partial charge in [-0.1, -0.05) is 36.7 Å². The first kappa shape index (κ1) is 15.2. The lowest BCUT2D eigenvalue weighted by atomic mass is 10.1. The van der Waals surface area contributed by atoms with Gasteiger partial charge >= 0.3 is 0 Å². The average molecular weight is 308 g/mol. The fourth-order valence-electron chi connectivity index (χ4n) is 2.04. The highest BCUT2D eigenvalue weighted by molar-refractivity contribution is 7.09. The summed E-state index contributed by atoms with van der Waals surface area (Å²) in [5.74, 6) is 0.150. The van der Waals surface area contributed by atoms with E-state index in [-0.39, 0.29) is 5.78 Å². The summed E-state index contributed by atoms with van der Waals surface area (Å²) in [6.45, 7) is 4.76. The molecule has 0 aliphatic rings. The van der Waals surface area contributed by atoms with Crippen molar-refractivity contribution in [1.82, 2.24) is 4.90 Å². The maximum atomic E-state index is 12.1. The number of ketones is 1. The third kappa shape index (κ3) is 4.44. The Morgan fingerprint density at radius 1 is 1.30 bits per heavy atom. The molecule has 0 atom stereocenters. The summed E-state index contributed by atoms with van der Waals surface area (Å²) in [4.78, 5) is 15.8. The van der Waals surface area contributed by atoms with E-state index in [2.05, 4.69) is 29.3 Å². The van der Waals surface area contributed by atoms with Gasteiger partial charge in [0.2, 0.25) is 0 Å². The van der Waals surface area contributed by atoms with E-state index in [4.69, 9.17) is 11.6 Å². The maximum Gasteiger partial charge on any atom is 0.164 e. The highest BCUT2D eigenvalue weighted by Gasteiger charge is 2.10. The van der Waals surface area contributed by atoms with Crippen molar-refractivity contribution in [3.63, 3.8) is 0 Å². The van der Waals surface area contributed by atoms with Gasteiger partial charge in [-0.05, 0) is 30.1 Å². The van der Waals surface area contributed by atoms with E-state index in [1.54, 1.807) is 23.5 Å². The SMILES string of the molecule is CCN(CCC(=O)c1cccc(Cl)c1)Cc1cccs1. The second kappa shape index (κ2) is 7.58. The van der Waals surface area contributed by atoms with Gasteiger partial charge in [0.15, 0.2) is 5.78 Å². The number of hydrogen-bond donors (Lipinski definition) is 0. The van der Waals surface area contributed by atoms with Crippen molar-refractivity contribution < 1.29 is 4.79 Å². The molecule has 2 nitrogen and oxygen atoms in total. The molecule has 0 fully saturated rings. The van der Waals surface area contributed by atoms with Crippen molar-refractivity contribution in [3.05, 3.63) is 57.2 Å². The van der Waals surface area contributed by atoms with Crippen LogP contribution in [-0.4, -0.2) is 23.8 Å². The van der Waals surface area contributed by atoms with Gasteiger partial charge in [0.25, 0.3) is 0 Å². The van der Waals surface area contributed by atoms with Crippen molar-refractivity contribution >= 4 is 28.7 Å². The zero-order valence-corrected chi connectivity index (χ0v) is 13.1. The Labute approximate surface area is 129 Å². The molecular formula is C16H18ClNOS. The number of benzene rings is 1. The van der Waals surface area contributed by atoms with Crippen LogP contribution in [0.2, 0.25) is 5.02 Å². The molecule has 0 unspecified atom stereocenters. The quantitative estimate of drug-likeness (QED) is 0.702. The Kier molecular flexibility index (Phi) is 5.77. The summed E-state index contributed by atoms with van der Waals surface area (Å²) in [5, 5.41) is 2.70. The van der Waals surface area contributed by atoms with Crippen LogP contribution in [0.4, 0.5) is 0 Å². The summed E-state index contributed by atoms with van der Waals surface area (Å²) < 4.78 is 0. The molecule has 0 N–H and O–H groups in total. The molecule has 0 radical (unpaired) electrons. The van der Waals surface area contributed by atoms with Gasteiger partial charge in [-0.3, -0.25) is 9.69 Å². The molecule has 2 aromatic rings. The lowest BCUT2D eigenvalue weighted by Crippen LogP contribution is -2.25. The molecule has 1 heterocycles. The minimum atomic E-state index is 0.150. The third-order valence-electron chi connectivity index (χ3n) is 3.21. The zero-order chi connectivity index (χ0) is 14.4. The van der Waals surface area contributed by atoms with E-state index in [1.165, 1.54) is 4.88 Å². The Morgan fingerprint density at radius 2 is 2.15 bits per heavy atom. The lowest BCUT2D eigenvalue weighted by molar-refractivity contribution is 0.0964. The van der Waals surface area contributed by atoms with Crippen LogP contribution in [0.5, 0.6) is 0 Å². The fourth-order valence-corrected chi connectivity index (χ4v) is 2.97. The van der Waals surface area contributed by atoms with Crippen molar-refractivity contribution in [2.24, 2.45) is 0 Å². The van der Waals surface area contributed by atoms with Gasteiger partial charge in [0, 0.05) is 35.0 Å². The van der Waals surface area contributed by atoms with Crippen LogP contribution < -0.4 is 0 Å². The molecule has 0 aliphatic carbocycles. The maximum absolute atomic E-state index is 12.1. The van der Waals surface area contributed by atoms with Crippen LogP contribution in [0, 0.1) is 0 Å². The van der Waals surface area contributed by atoms with E-state index in [1.807, 2.05) is 12.1 Å². The Hall–Kier alpha value is -1.16. The minimum absolute atomic E-state index is 0.150. The van der Waals surface area contributed by atoms with Crippen LogP contribution in [-0.2, 0) is 6.54 Å². The molecule has 0 saturated heterocycles. The predicted octanol–water partition coefficient (Wildman–Crippen LogP) is 4.50. The molecule has 2 rings (SSSR count). The second-order valence-corrected chi connectivity index (χ2v) is 6.10. The highest BCUT2D eigenvalue weighted by Crippen LogP contribution is 2.14. The van der Waals surface area contributed by atoms with Crippen LogP contribution in [0.25, 0.3) is 0 Å². The van der Waals surface area contributed by atoms with Crippen molar-refractivity contribution in [2.75, 3.05) is 13.1 Å². The van der Waals surface area contributed by atoms with Gasteiger partial charge < -0.3 is 0 Å². The Balaban J connectivity index is 1.88. The molecule has 4 heteroatoms. The highest BCUT2D eigenvalue weighted by atomic mass is 35.5. The summed E-state index contributed by atoms with van der Waals surface area (Å²) in [5.41, 5.74) is 0.699. The van der Waals surface area contributed by atoms with Gasteiger partial charge in [-0.25, -0.2) is 0 Å². The third-order valence-corrected chi connectivity index (χ3v) is 4.30. The monoisotopic (exact) mass is 307 g/mol. The van der Waals surface area contributed by atoms with Gasteiger partial charge in [-0.15, -0.1) is 11.3 Å². The molecule has 106 valence electrons. The molecule has 1 aromatic heterocycles. The summed E-state index contributed by atoms with van der Waals surface area (Å²) in [6.07, 6.45) is 0.527. The van der Waals surface area contributed by atoms with Crippen molar-refractivity contribution in [1.29, 1.82) is 0 Å². The first-order valence-corrected chi connectivity index (χ1v) is 7.98. The summed E-state index contributed by atoms with van der Waals surface area (Å²) in [6, 6.07) is 11.4. The Bertz CT molecular complexity index is 553. The molecule has 0 saturated carbocycles. The van der Waals surface area contributed by atoms with E-state index in [9.17, 15) is 4.79 Å². The molecule has 0 aliphatic heterocycles. The van der Waals surface area contributed by atoms with Crippen LogP contribution >= 0.6 is 22.9 Å². The standard InChI is InChI=1S/C16H18ClNOS/c1-2-18(12-15-7-4-10-20-15)9-8-16(19)13-5-3-6-14(17)11-13/h3-7,10-11H,2,8-9,12H2,1H3. The van der Waals surface area contributed by atoms with Crippen molar-refractivity contribution in [3.8, 4) is 0 Å². The largest absolute Gasteiger partial charge is 0.298 e. The smallest absolute Gasteiger partial charge is 0.164 e. The van der Waals surface area contributed by atoms with E-state index in [0.29, 0.717) is 17.0 Å². The molecular weight excluding hydrogens is 290 g/mol. The zero-order valence-electron chi connectivity index (χ0n) is 11.5. The van der Waals surface area contributed by atoms with E-state index < -0.39 is 0 Å². The lowest BCUT2D eigenvalue weighted by Gasteiger charge is -2.19. The number of carbonyl (C=O) groups is 1. The molecule has 0 bridgehead atoms. The number of nitrogens with zero attached hydrogens (tertiary/aromatic N) is 1.